The van der Waals surface area contributed by atoms with E-state index in [1.54, 1.807) is 0 Å². The molecule has 0 saturated carbocycles. The Morgan fingerprint density at radius 1 is 1.28 bits per heavy atom. The van der Waals surface area contributed by atoms with E-state index < -0.39 is 35.4 Å². The molecule has 10 heteroatoms. The highest BCUT2D eigenvalue weighted by molar-refractivity contribution is 7.86. The van der Waals surface area contributed by atoms with Crippen LogP contribution in [0.2, 0.25) is 0 Å². The second-order valence-corrected chi connectivity index (χ2v) is 5.82. The third-order valence-electron chi connectivity index (χ3n) is 2.38. The van der Waals surface area contributed by atoms with E-state index in [-0.39, 0.29) is 17.4 Å². The molecular formula is C8H13F3N2O4S. The van der Waals surface area contributed by atoms with Crippen LogP contribution in [0.1, 0.15) is 12.8 Å². The lowest BCUT2D eigenvalue weighted by Gasteiger charge is -2.26. The number of aliphatic carboxylic acids is 1. The molecule has 106 valence electrons. The average molecular weight is 290 g/mol. The van der Waals surface area contributed by atoms with Gasteiger partial charge in [0.25, 0.3) is 10.2 Å². The number of alkyl halides is 3. The number of carbonyl (C=O) groups is 1. The van der Waals surface area contributed by atoms with Gasteiger partial charge in [0.15, 0.2) is 0 Å². The monoisotopic (exact) mass is 290 g/mol. The Labute approximate surface area is 102 Å². The maximum atomic E-state index is 12.3. The molecule has 1 fully saturated rings. The minimum Gasteiger partial charge on any atom is -0.480 e. The largest absolute Gasteiger partial charge is 0.480 e. The lowest BCUT2D eigenvalue weighted by molar-refractivity contribution is -0.146. The van der Waals surface area contributed by atoms with Crippen LogP contribution in [-0.4, -0.2) is 60.5 Å². The molecule has 1 N–H and O–H groups in total. The lowest BCUT2D eigenvalue weighted by Crippen LogP contribution is -2.48. The molecule has 1 saturated heterocycles. The van der Waals surface area contributed by atoms with Crippen LogP contribution in [-0.2, 0) is 15.0 Å². The minimum absolute atomic E-state index is 0.0549. The van der Waals surface area contributed by atoms with Crippen molar-refractivity contribution in [2.45, 2.75) is 19.0 Å². The number of halogens is 3. The van der Waals surface area contributed by atoms with E-state index in [1.165, 1.54) is 0 Å². The number of hydrogen-bond acceptors (Lipinski definition) is 3. The summed E-state index contributed by atoms with van der Waals surface area (Å²) < 4.78 is 61.3. The number of carboxylic acid groups (broad SMARTS) is 1. The summed E-state index contributed by atoms with van der Waals surface area (Å²) >= 11 is 0. The fraction of sp³-hybridized carbons (Fsp3) is 0.875. The van der Waals surface area contributed by atoms with Crippen molar-refractivity contribution in [2.75, 3.05) is 26.2 Å². The number of carboxylic acids is 1. The van der Waals surface area contributed by atoms with Crippen molar-refractivity contribution in [3.8, 4) is 0 Å². The highest BCUT2D eigenvalue weighted by atomic mass is 32.2. The molecule has 0 aromatic heterocycles. The molecule has 0 bridgehead atoms. The summed E-state index contributed by atoms with van der Waals surface area (Å²) in [6.07, 6.45) is -3.65. The van der Waals surface area contributed by atoms with Crippen LogP contribution in [0.3, 0.4) is 0 Å². The first-order chi connectivity index (χ1) is 8.13. The predicted octanol–water partition coefficient (Wildman–Crippen LogP) is 0.276. The zero-order valence-corrected chi connectivity index (χ0v) is 10.2. The summed E-state index contributed by atoms with van der Waals surface area (Å²) in [6, 6.07) is 0. The normalized spacial score (nSPS) is 18.4. The predicted molar refractivity (Wildman–Crippen MR) is 55.0 cm³/mol. The number of rotatable bonds is 5. The van der Waals surface area contributed by atoms with Crippen molar-refractivity contribution in [3.05, 3.63) is 0 Å². The van der Waals surface area contributed by atoms with Crippen molar-refractivity contribution in [2.24, 2.45) is 0 Å². The van der Waals surface area contributed by atoms with Crippen LogP contribution in [0, 0.1) is 0 Å². The molecule has 0 unspecified atom stereocenters. The van der Waals surface area contributed by atoms with Gasteiger partial charge in [0, 0.05) is 13.1 Å². The molecule has 1 aliphatic rings. The van der Waals surface area contributed by atoms with Gasteiger partial charge in [-0.15, -0.1) is 0 Å². The van der Waals surface area contributed by atoms with Gasteiger partial charge in [0.2, 0.25) is 0 Å². The molecule has 0 atom stereocenters. The topological polar surface area (TPSA) is 77.9 Å². The Morgan fingerprint density at radius 3 is 2.17 bits per heavy atom. The van der Waals surface area contributed by atoms with Crippen LogP contribution in [0.4, 0.5) is 13.2 Å². The third kappa shape index (κ3) is 4.10. The van der Waals surface area contributed by atoms with Crippen molar-refractivity contribution in [1.82, 2.24) is 8.61 Å². The highest BCUT2D eigenvalue weighted by Crippen LogP contribution is 2.22. The Hall–Kier alpha value is -0.870. The summed E-state index contributed by atoms with van der Waals surface area (Å²) in [4.78, 5) is 10.5. The van der Waals surface area contributed by atoms with Crippen molar-refractivity contribution < 1.29 is 31.5 Å². The van der Waals surface area contributed by atoms with Crippen LogP contribution >= 0.6 is 0 Å². The fourth-order valence-electron chi connectivity index (χ4n) is 1.65. The van der Waals surface area contributed by atoms with Gasteiger partial charge in [-0.25, -0.2) is 0 Å². The lowest BCUT2D eigenvalue weighted by atomic mass is 10.4. The SMILES string of the molecule is O=C(O)CN(CC(F)(F)F)S(=O)(=O)N1CCCC1. The summed E-state index contributed by atoms with van der Waals surface area (Å²) in [7, 11) is -4.36. The van der Waals surface area contributed by atoms with E-state index >= 15 is 0 Å². The smallest absolute Gasteiger partial charge is 0.402 e. The quantitative estimate of drug-likeness (QED) is 0.788. The van der Waals surface area contributed by atoms with E-state index in [9.17, 15) is 26.4 Å². The van der Waals surface area contributed by atoms with E-state index in [2.05, 4.69) is 0 Å². The van der Waals surface area contributed by atoms with Gasteiger partial charge in [-0.2, -0.15) is 30.2 Å². The molecule has 1 rings (SSSR count). The standard InChI is InChI=1S/C8H13F3N2O4S/c9-8(10,11)6-13(5-7(14)15)18(16,17)12-3-1-2-4-12/h1-6H2,(H,14,15). The van der Waals surface area contributed by atoms with Crippen molar-refractivity contribution >= 4 is 16.2 Å². The van der Waals surface area contributed by atoms with Gasteiger partial charge in [-0.05, 0) is 12.8 Å². The van der Waals surface area contributed by atoms with Crippen molar-refractivity contribution in [3.63, 3.8) is 0 Å². The van der Waals surface area contributed by atoms with E-state index in [0.29, 0.717) is 12.8 Å². The number of hydrogen-bond donors (Lipinski definition) is 1. The van der Waals surface area contributed by atoms with Gasteiger partial charge in [0.1, 0.15) is 13.1 Å². The molecule has 18 heavy (non-hydrogen) atoms. The highest BCUT2D eigenvalue weighted by Gasteiger charge is 2.40. The number of nitrogens with zero attached hydrogens (tertiary/aromatic N) is 2. The second-order valence-electron chi connectivity index (χ2n) is 3.89. The summed E-state index contributed by atoms with van der Waals surface area (Å²) in [6.45, 7) is -2.75. The van der Waals surface area contributed by atoms with Crippen LogP contribution in [0.25, 0.3) is 0 Å². The first-order valence-corrected chi connectivity index (χ1v) is 6.56. The average Bonchev–Trinajstić information content (AvgIpc) is 2.66. The van der Waals surface area contributed by atoms with E-state index in [4.69, 9.17) is 5.11 Å². The molecule has 1 aliphatic heterocycles. The Morgan fingerprint density at radius 2 is 1.78 bits per heavy atom. The maximum absolute atomic E-state index is 12.3. The zero-order chi connectivity index (χ0) is 14.0. The van der Waals surface area contributed by atoms with Gasteiger partial charge < -0.3 is 5.11 Å². The Bertz CT molecular complexity index is 403. The molecule has 0 amide bonds. The van der Waals surface area contributed by atoms with Gasteiger partial charge in [-0.3, -0.25) is 4.79 Å². The summed E-state index contributed by atoms with van der Waals surface area (Å²) in [5.41, 5.74) is 0. The Balaban J connectivity index is 2.90. The van der Waals surface area contributed by atoms with Gasteiger partial charge in [-0.1, -0.05) is 0 Å². The minimum atomic E-state index is -4.78. The summed E-state index contributed by atoms with van der Waals surface area (Å²) in [5.74, 6) is -1.62. The van der Waals surface area contributed by atoms with Crippen LogP contribution < -0.4 is 0 Å². The Kier molecular flexibility index (Phi) is 4.56. The molecule has 0 aromatic carbocycles. The third-order valence-corrected chi connectivity index (χ3v) is 4.31. The van der Waals surface area contributed by atoms with Crippen molar-refractivity contribution in [1.29, 1.82) is 0 Å². The zero-order valence-electron chi connectivity index (χ0n) is 9.35. The van der Waals surface area contributed by atoms with Crippen LogP contribution in [0.5, 0.6) is 0 Å². The molecule has 0 aliphatic carbocycles. The first kappa shape index (κ1) is 15.2. The van der Waals surface area contributed by atoms with Crippen LogP contribution in [0.15, 0.2) is 0 Å². The molecule has 0 aromatic rings. The van der Waals surface area contributed by atoms with Gasteiger partial charge in [0.05, 0.1) is 0 Å². The van der Waals surface area contributed by atoms with E-state index in [1.807, 2.05) is 0 Å². The fourth-order valence-corrected chi connectivity index (χ4v) is 3.28. The molecule has 0 radical (unpaired) electrons. The van der Waals surface area contributed by atoms with Gasteiger partial charge >= 0.3 is 12.1 Å². The molecule has 1 heterocycles. The molecule has 6 nitrogen and oxygen atoms in total. The first-order valence-electron chi connectivity index (χ1n) is 5.17. The molecular weight excluding hydrogens is 277 g/mol. The second kappa shape index (κ2) is 5.41. The summed E-state index contributed by atoms with van der Waals surface area (Å²) in [5, 5.41) is 8.49. The molecule has 0 spiro atoms. The van der Waals surface area contributed by atoms with E-state index in [0.717, 1.165) is 4.31 Å². The maximum Gasteiger partial charge on any atom is 0.402 e.